The maximum atomic E-state index is 13.3. The van der Waals surface area contributed by atoms with Crippen LogP contribution in [0.3, 0.4) is 0 Å². The highest BCUT2D eigenvalue weighted by Crippen LogP contribution is 2.35. The van der Waals surface area contributed by atoms with Crippen molar-refractivity contribution in [2.24, 2.45) is 7.05 Å². The Morgan fingerprint density at radius 3 is 2.69 bits per heavy atom. The molecule has 10 heteroatoms. The van der Waals surface area contributed by atoms with E-state index < -0.39 is 0 Å². The largest absolute Gasteiger partial charge is 0.397 e. The van der Waals surface area contributed by atoms with E-state index in [1.54, 1.807) is 13.3 Å². The van der Waals surface area contributed by atoms with Crippen molar-refractivity contribution in [3.8, 4) is 11.3 Å². The molecule has 39 heavy (non-hydrogen) atoms. The van der Waals surface area contributed by atoms with E-state index in [1.165, 1.54) is 0 Å². The van der Waals surface area contributed by atoms with Crippen LogP contribution < -0.4 is 21.3 Å². The molecule has 0 atom stereocenters. The summed E-state index contributed by atoms with van der Waals surface area (Å²) in [6, 6.07) is 13.7. The molecule has 2 heterocycles. The number of rotatable bonds is 11. The Balaban J connectivity index is -0.0000000814. The molecule has 0 aliphatic rings. The van der Waals surface area contributed by atoms with Crippen molar-refractivity contribution in [3.63, 3.8) is 0 Å². The number of hydrogen-bond acceptors (Lipinski definition) is 8. The van der Waals surface area contributed by atoms with Gasteiger partial charge in [-0.1, -0.05) is 18.2 Å². The zero-order chi connectivity index (χ0) is 60.1. The third-order valence-corrected chi connectivity index (χ3v) is 6.74. The van der Waals surface area contributed by atoms with Gasteiger partial charge < -0.3 is 35.5 Å². The number of para-hydroxylation sites is 1. The first-order valence-corrected chi connectivity index (χ1v) is 12.9. The van der Waals surface area contributed by atoms with Gasteiger partial charge in [0, 0.05) is 117 Å². The van der Waals surface area contributed by atoms with Crippen LogP contribution in [0.1, 0.15) is 63.6 Å². The van der Waals surface area contributed by atoms with Crippen LogP contribution >= 0.6 is 0 Å². The SMILES string of the molecule is COCCNC(=O)c1c(-c2ccnc(Nc3cc(N)c(N(C)CCN(C)C)cc3C)n2)c2ccccc2n1C.[3H][3H].[3H][3H].[3H][3H].[3H][3H].[3H][3H].[3H][3H].[3H][3H].[3H][3H].[3H][3H].[3H][3H].[3H][3H].[3H][3H].[3H][3H].[3H][3H].[3H][3H].[3H][3H]. The first-order valence-electron chi connectivity index (χ1n) is 28.9. The van der Waals surface area contributed by atoms with Crippen LogP contribution in [0.15, 0.2) is 48.7 Å². The molecule has 2 aromatic heterocycles. The number of benzene rings is 2. The Kier molecular flexibility index (Phi) is 4.29. The minimum absolute atomic E-state index is 0.188. The molecule has 238 valence electrons. The summed E-state index contributed by atoms with van der Waals surface area (Å²) in [5.41, 5.74) is 12.8. The van der Waals surface area contributed by atoms with Crippen molar-refractivity contribution in [3.05, 3.63) is 59.9 Å². The minimum Gasteiger partial charge on any atom is -0.397 e. The average molecular weight is 627 g/mol. The number of anilines is 4. The summed E-state index contributed by atoms with van der Waals surface area (Å²) in [6.07, 6.45) is 1.70. The first-order chi connectivity index (χ1) is 34.7. The Morgan fingerprint density at radius 1 is 1.18 bits per heavy atom. The first kappa shape index (κ1) is 13.8. The molecule has 2 aromatic carbocycles. The van der Waals surface area contributed by atoms with Crippen molar-refractivity contribution in [2.45, 2.75) is 6.92 Å². The lowest BCUT2D eigenvalue weighted by molar-refractivity contribution is 0.0930. The van der Waals surface area contributed by atoms with Crippen molar-refractivity contribution < 1.29 is 57.0 Å². The van der Waals surface area contributed by atoms with Crippen LogP contribution in [0.25, 0.3) is 22.2 Å². The van der Waals surface area contributed by atoms with E-state index in [-0.39, 0.29) is 5.91 Å². The molecule has 0 aliphatic heterocycles. The van der Waals surface area contributed by atoms with E-state index >= 15 is 0 Å². The molecular weight excluding hydrogens is 492 g/mol. The lowest BCUT2D eigenvalue weighted by Crippen LogP contribution is -2.29. The van der Waals surface area contributed by atoms with E-state index in [1.807, 2.05) is 62.0 Å². The van der Waals surface area contributed by atoms with Gasteiger partial charge in [-0.25, -0.2) is 9.97 Å². The number of carbonyl (C=O) groups is 1. The van der Waals surface area contributed by atoms with E-state index in [0.29, 0.717) is 36.2 Å². The fraction of sp³-hybridized carbons (Fsp3) is 0.345. The van der Waals surface area contributed by atoms with E-state index in [0.717, 1.165) is 46.5 Å². The number of nitrogens with two attached hydrogens (primary N) is 1. The summed E-state index contributed by atoms with van der Waals surface area (Å²) < 4.78 is 167. The van der Waals surface area contributed by atoms with Crippen LogP contribution in [-0.4, -0.2) is 79.8 Å². The second-order valence-corrected chi connectivity index (χ2v) is 9.89. The van der Waals surface area contributed by atoms with Gasteiger partial charge in [0.15, 0.2) is 0 Å². The van der Waals surface area contributed by atoms with Crippen LogP contribution in [0.4, 0.5) is 23.0 Å². The van der Waals surface area contributed by atoms with Crippen molar-refractivity contribution in [1.29, 1.82) is 0 Å². The summed E-state index contributed by atoms with van der Waals surface area (Å²) in [5.74, 6) is 0.230. The predicted octanol–water partition coefficient (Wildman–Crippen LogP) is 7.58. The fourth-order valence-electron chi connectivity index (χ4n) is 4.59. The van der Waals surface area contributed by atoms with Crippen molar-refractivity contribution >= 4 is 39.8 Å². The van der Waals surface area contributed by atoms with Crippen LogP contribution in [0, 0.1) is 6.92 Å². The number of aromatic nitrogens is 3. The summed E-state index contributed by atoms with van der Waals surface area (Å²) in [4.78, 5) is 26.8. The number of ether oxygens (including phenoxy) is 1. The molecule has 0 bridgehead atoms. The number of fused-ring (bicyclic) bond motifs is 1. The lowest BCUT2D eigenvalue weighted by atomic mass is 10.1. The van der Waals surface area contributed by atoms with Gasteiger partial charge in [0.1, 0.15) is 5.69 Å². The van der Waals surface area contributed by atoms with Gasteiger partial charge in [-0.3, -0.25) is 4.79 Å². The van der Waals surface area contributed by atoms with Gasteiger partial charge in [0.05, 0.1) is 23.7 Å². The number of hydrogen-bond donors (Lipinski definition) is 3. The molecule has 4 rings (SSSR count). The van der Waals surface area contributed by atoms with Gasteiger partial charge in [-0.15, -0.1) is 0 Å². The number of aryl methyl sites for hydroxylation is 2. The molecule has 0 fully saturated rings. The second kappa shape index (κ2) is 12.1. The topological polar surface area (TPSA) is 114 Å². The molecule has 0 radical (unpaired) electrons. The molecule has 0 saturated heterocycles. The molecule has 0 aliphatic carbocycles. The quantitative estimate of drug-likeness (QED) is 0.115. The summed E-state index contributed by atoms with van der Waals surface area (Å²) in [5, 5.41) is 7.21. The Labute approximate surface area is 279 Å². The fourth-order valence-corrected chi connectivity index (χ4v) is 4.59. The zero-order valence-electron chi connectivity index (χ0n) is 55.6. The highest BCUT2D eigenvalue weighted by molar-refractivity contribution is 6.09. The maximum Gasteiger partial charge on any atom is 0.268 e. The number of likely N-dealkylation sites (N-methyl/N-ethyl adjacent to an activating group) is 2. The molecular formula is C29H70N8O2. The third kappa shape index (κ3) is 6.13. The van der Waals surface area contributed by atoms with Gasteiger partial charge >= 0.3 is 0 Å². The van der Waals surface area contributed by atoms with E-state index in [9.17, 15) is 4.79 Å². The molecule has 10 nitrogen and oxygen atoms in total. The number of nitrogen functional groups attached to an aromatic ring is 1. The highest BCUT2D eigenvalue weighted by Gasteiger charge is 2.23. The van der Waals surface area contributed by atoms with Crippen LogP contribution in [0.5, 0.6) is 0 Å². The molecule has 0 spiro atoms. The van der Waals surface area contributed by atoms with Crippen molar-refractivity contribution in [2.75, 3.05) is 70.4 Å². The normalized spacial score (nSPS) is 14.5. The number of methoxy groups -OCH3 is 1. The Hall–Kier alpha value is -4.15. The average Bonchev–Trinajstić information content (AvgIpc) is 3.79. The number of amides is 1. The predicted molar refractivity (Wildman–Crippen MR) is 193 cm³/mol. The molecule has 4 N–H and O–H groups in total. The van der Waals surface area contributed by atoms with Gasteiger partial charge in [-0.05, 0) is 50.8 Å². The zero-order valence-corrected chi connectivity index (χ0v) is 23.6. The number of nitrogens with zero attached hydrogens (tertiary/aromatic N) is 5. The smallest absolute Gasteiger partial charge is 0.268 e. The van der Waals surface area contributed by atoms with Crippen molar-refractivity contribution in [1.82, 2.24) is 24.8 Å². The van der Waals surface area contributed by atoms with Crippen LogP contribution in [0.2, 0.25) is 0 Å². The maximum absolute atomic E-state index is 13.3. The summed E-state index contributed by atoms with van der Waals surface area (Å²) >= 11 is 0. The van der Waals surface area contributed by atoms with E-state index in [4.69, 9.17) is 63.0 Å². The van der Waals surface area contributed by atoms with Gasteiger partial charge in [0.25, 0.3) is 5.91 Å². The molecule has 0 saturated carbocycles. The van der Waals surface area contributed by atoms with Crippen LogP contribution in [-0.2, 0) is 11.8 Å². The third-order valence-electron chi connectivity index (χ3n) is 6.74. The molecule has 1 amide bonds. The number of carbonyl (C=O) groups excluding carboxylic acids is 1. The monoisotopic (exact) mass is 627 g/mol. The van der Waals surface area contributed by atoms with Gasteiger partial charge in [-0.2, -0.15) is 0 Å². The highest BCUT2D eigenvalue weighted by atomic mass is 16.5. The second-order valence-electron chi connectivity index (χ2n) is 9.89. The summed E-state index contributed by atoms with van der Waals surface area (Å²) in [6.45, 7) is 4.66. The van der Waals surface area contributed by atoms with E-state index in [2.05, 4.69) is 45.6 Å². The molecule has 4 aromatic rings. The summed E-state index contributed by atoms with van der Waals surface area (Å²) in [7, 11) is 9.65. The number of nitrogens with one attached hydrogen (secondary N) is 2. The molecule has 0 unspecified atom stereocenters. The van der Waals surface area contributed by atoms with Gasteiger partial charge in [0.2, 0.25) is 5.95 Å². The Morgan fingerprint density at radius 2 is 1.95 bits per heavy atom. The Bertz CT molecular complexity index is 1530. The lowest BCUT2D eigenvalue weighted by Gasteiger charge is -2.24. The standard InChI is InChI=1S/C29H38N8O2.16H2/c1-19-17-25(36(4)15-14-35(2)3)21(30)18-23(19)34-29-32-12-11-22(33-29)26-20-9-7-8-10-24(20)37(5)27(26)28(38)31-13-16-39-6;;;;;;;;;;;;;;;;/h7-12,17-18H,13-16,30H2,1-6H3,(H,31,38)(H,32,33,34);16*1H/i;16*1+2T. The minimum atomic E-state index is -0.188.